The molecule has 0 atom stereocenters. The van der Waals surface area contributed by atoms with Gasteiger partial charge in [-0.1, -0.05) is 78.4 Å². The molecule has 0 aliphatic rings. The Morgan fingerprint density at radius 3 is 1.85 bits per heavy atom. The fourth-order valence-corrected chi connectivity index (χ4v) is 3.79. The second-order valence-electron chi connectivity index (χ2n) is 6.96. The molecule has 27 heavy (non-hydrogen) atoms. The Hall–Kier alpha value is -2.86. The first-order valence-electron chi connectivity index (χ1n) is 8.96. The van der Waals surface area contributed by atoms with Crippen LogP contribution in [0.4, 0.5) is 5.69 Å². The van der Waals surface area contributed by atoms with Gasteiger partial charge in [0.05, 0.1) is 5.69 Å². The number of hydrogen-bond acceptors (Lipinski definition) is 4. The zero-order valence-electron chi connectivity index (χ0n) is 15.1. The van der Waals surface area contributed by atoms with Gasteiger partial charge in [0.15, 0.2) is 0 Å². The van der Waals surface area contributed by atoms with E-state index in [1.165, 1.54) is 0 Å². The smallest absolute Gasteiger partial charge is 0.402 e. The van der Waals surface area contributed by atoms with Gasteiger partial charge in [-0.15, -0.1) is 5.46 Å². The van der Waals surface area contributed by atoms with E-state index in [0.717, 1.165) is 27.2 Å². The summed E-state index contributed by atoms with van der Waals surface area (Å²) in [5.74, 6) is 0. The van der Waals surface area contributed by atoms with Gasteiger partial charge in [-0.05, 0) is 16.8 Å². The summed E-state index contributed by atoms with van der Waals surface area (Å²) in [5, 5.41) is 33.8. The number of anilines is 1. The maximum Gasteiger partial charge on any atom is 0.402 e. The highest BCUT2D eigenvalue weighted by Gasteiger charge is 2.22. The van der Waals surface area contributed by atoms with Gasteiger partial charge in [-0.2, -0.15) is 0 Å². The number of nitrogens with zero attached hydrogens (tertiary/aromatic N) is 1. The van der Waals surface area contributed by atoms with Gasteiger partial charge in [0.25, 0.3) is 0 Å². The largest absolute Gasteiger partial charge is 0.556 e. The van der Waals surface area contributed by atoms with E-state index in [1.807, 2.05) is 37.4 Å². The highest BCUT2D eigenvalue weighted by atomic mass is 16.5. The van der Waals surface area contributed by atoms with Crippen molar-refractivity contribution in [2.75, 3.05) is 11.9 Å². The molecule has 0 bridgehead atoms. The van der Waals surface area contributed by atoms with Crippen LogP contribution in [-0.4, -0.2) is 28.9 Å². The standard InChI is InChI=1S/C22H21BNO3/c1-24(15-18-10-4-7-13-21(18)23(25,26)27)22-19-11-5-2-8-16(19)14-17-9-3-6-12-20(17)22/h2-14,25-27H,15H2,1H3/q-1. The third-order valence-corrected chi connectivity index (χ3v) is 5.00. The first kappa shape index (κ1) is 17.6. The van der Waals surface area contributed by atoms with E-state index in [1.54, 1.807) is 18.2 Å². The Morgan fingerprint density at radius 1 is 0.741 bits per heavy atom. The maximum absolute atomic E-state index is 9.75. The van der Waals surface area contributed by atoms with E-state index in [-0.39, 0.29) is 5.46 Å². The highest BCUT2D eigenvalue weighted by molar-refractivity contribution is 6.72. The molecule has 0 unspecified atom stereocenters. The topological polar surface area (TPSA) is 63.9 Å². The zero-order valence-corrected chi connectivity index (χ0v) is 15.1. The summed E-state index contributed by atoms with van der Waals surface area (Å²) in [6.07, 6.45) is 0. The van der Waals surface area contributed by atoms with Gasteiger partial charge in [0, 0.05) is 24.4 Å². The Morgan fingerprint density at radius 2 is 1.26 bits per heavy atom. The lowest BCUT2D eigenvalue weighted by Gasteiger charge is -2.29. The van der Waals surface area contributed by atoms with Crippen molar-refractivity contribution in [2.45, 2.75) is 6.54 Å². The normalized spacial score (nSPS) is 11.9. The van der Waals surface area contributed by atoms with Gasteiger partial charge in [-0.3, -0.25) is 0 Å². The third-order valence-electron chi connectivity index (χ3n) is 5.00. The Balaban J connectivity index is 1.87. The summed E-state index contributed by atoms with van der Waals surface area (Å²) in [4.78, 5) is 2.09. The molecule has 0 saturated carbocycles. The van der Waals surface area contributed by atoms with Crippen LogP contribution in [0.1, 0.15) is 5.56 Å². The minimum atomic E-state index is -3.55. The first-order chi connectivity index (χ1) is 12.9. The first-order valence-corrected chi connectivity index (χ1v) is 8.96. The minimum absolute atomic E-state index is 0.147. The van der Waals surface area contributed by atoms with Crippen molar-refractivity contribution in [2.24, 2.45) is 0 Å². The lowest BCUT2D eigenvalue weighted by molar-refractivity contribution is 0.249. The summed E-state index contributed by atoms with van der Waals surface area (Å²) in [7, 11) is 1.98. The van der Waals surface area contributed by atoms with E-state index >= 15 is 0 Å². The van der Waals surface area contributed by atoms with Gasteiger partial charge in [0.1, 0.15) is 0 Å². The number of rotatable bonds is 4. The predicted molar refractivity (Wildman–Crippen MR) is 112 cm³/mol. The monoisotopic (exact) mass is 358 g/mol. The predicted octanol–water partition coefficient (Wildman–Crippen LogP) is 2.75. The van der Waals surface area contributed by atoms with Crippen LogP contribution in [0.15, 0.2) is 78.9 Å². The average Bonchev–Trinajstić information content (AvgIpc) is 2.65. The fraction of sp³-hybridized carbons (Fsp3) is 0.0909. The molecule has 3 N–H and O–H groups in total. The van der Waals surface area contributed by atoms with Crippen molar-refractivity contribution in [3.63, 3.8) is 0 Å². The lowest BCUT2D eigenvalue weighted by atomic mass is 9.68. The summed E-state index contributed by atoms with van der Waals surface area (Å²) >= 11 is 0. The molecule has 0 amide bonds. The molecule has 4 aromatic rings. The average molecular weight is 358 g/mol. The third kappa shape index (κ3) is 3.28. The van der Waals surface area contributed by atoms with E-state index in [0.29, 0.717) is 12.1 Å². The molecule has 0 radical (unpaired) electrons. The van der Waals surface area contributed by atoms with E-state index in [2.05, 4.69) is 35.2 Å². The second kappa shape index (κ2) is 6.70. The van der Waals surface area contributed by atoms with Crippen LogP contribution in [0.5, 0.6) is 0 Å². The van der Waals surface area contributed by atoms with Crippen molar-refractivity contribution in [1.29, 1.82) is 0 Å². The Labute approximate surface area is 157 Å². The van der Waals surface area contributed by atoms with Crippen LogP contribution in [-0.2, 0) is 6.54 Å². The SMILES string of the molecule is CN(Cc1ccccc1[B-](O)(O)O)c1c2ccccc2cc2ccccc12. The molecule has 0 aliphatic heterocycles. The number of fused-ring (bicyclic) bond motifs is 2. The minimum Gasteiger partial charge on any atom is -0.556 e. The molecule has 0 fully saturated rings. The quantitative estimate of drug-likeness (QED) is 0.388. The van der Waals surface area contributed by atoms with Crippen LogP contribution in [0, 0.1) is 0 Å². The van der Waals surface area contributed by atoms with Gasteiger partial charge >= 0.3 is 6.75 Å². The number of benzene rings is 4. The van der Waals surface area contributed by atoms with Crippen LogP contribution >= 0.6 is 0 Å². The molecule has 0 aliphatic carbocycles. The van der Waals surface area contributed by atoms with Crippen molar-refractivity contribution < 1.29 is 15.1 Å². The molecule has 0 heterocycles. The van der Waals surface area contributed by atoms with Gasteiger partial charge < -0.3 is 20.0 Å². The van der Waals surface area contributed by atoms with E-state index in [4.69, 9.17) is 0 Å². The molecule has 4 nitrogen and oxygen atoms in total. The van der Waals surface area contributed by atoms with E-state index in [9.17, 15) is 15.1 Å². The van der Waals surface area contributed by atoms with Crippen molar-refractivity contribution in [3.05, 3.63) is 84.4 Å². The van der Waals surface area contributed by atoms with E-state index < -0.39 is 6.75 Å². The van der Waals surface area contributed by atoms with Crippen LogP contribution in [0.25, 0.3) is 21.5 Å². The second-order valence-corrected chi connectivity index (χ2v) is 6.96. The molecule has 4 rings (SSSR count). The fourth-order valence-electron chi connectivity index (χ4n) is 3.79. The zero-order chi connectivity index (χ0) is 19.0. The molecule has 0 saturated heterocycles. The summed E-state index contributed by atoms with van der Waals surface area (Å²) < 4.78 is 0. The summed E-state index contributed by atoms with van der Waals surface area (Å²) in [5.41, 5.74) is 1.89. The van der Waals surface area contributed by atoms with Crippen molar-refractivity contribution in [1.82, 2.24) is 0 Å². The maximum atomic E-state index is 9.75. The van der Waals surface area contributed by atoms with Crippen molar-refractivity contribution >= 4 is 39.4 Å². The van der Waals surface area contributed by atoms with Crippen LogP contribution in [0.3, 0.4) is 0 Å². The van der Waals surface area contributed by atoms with Crippen LogP contribution in [0.2, 0.25) is 0 Å². The van der Waals surface area contributed by atoms with Gasteiger partial charge in [0.2, 0.25) is 0 Å². The molecule has 4 aromatic carbocycles. The molecular weight excluding hydrogens is 337 g/mol. The lowest BCUT2D eigenvalue weighted by Crippen LogP contribution is -2.51. The van der Waals surface area contributed by atoms with Crippen molar-refractivity contribution in [3.8, 4) is 0 Å². The molecule has 136 valence electrons. The highest BCUT2D eigenvalue weighted by Crippen LogP contribution is 2.35. The summed E-state index contributed by atoms with van der Waals surface area (Å²) in [6, 6.07) is 25.5. The molecular formula is C22H21BNO3-. The van der Waals surface area contributed by atoms with Gasteiger partial charge in [-0.25, -0.2) is 0 Å². The Bertz CT molecular complexity index is 1070. The molecule has 0 aromatic heterocycles. The van der Waals surface area contributed by atoms with Crippen LogP contribution < -0.4 is 10.4 Å². The summed E-state index contributed by atoms with van der Waals surface area (Å²) in [6.45, 7) is -3.12. The number of hydrogen-bond donors (Lipinski definition) is 3. The molecule has 5 heteroatoms. The molecule has 0 spiro atoms. The Kier molecular flexibility index (Phi) is 4.36.